The number of rotatable bonds is 8. The molecule has 0 aromatic heterocycles. The van der Waals surface area contributed by atoms with Crippen molar-refractivity contribution in [3.05, 3.63) is 59.1 Å². The molecule has 2 aromatic rings. The van der Waals surface area contributed by atoms with Gasteiger partial charge in [0.05, 0.1) is 6.61 Å². The average Bonchev–Trinajstić information content (AvgIpc) is 2.67. The van der Waals surface area contributed by atoms with Crippen molar-refractivity contribution in [3.8, 4) is 11.1 Å². The number of hydrogen-bond acceptors (Lipinski definition) is 4. The van der Waals surface area contributed by atoms with E-state index in [4.69, 9.17) is 22.1 Å². The first-order chi connectivity index (χ1) is 13.1. The van der Waals surface area contributed by atoms with Gasteiger partial charge in [0.1, 0.15) is 6.61 Å². The Morgan fingerprint density at radius 1 is 0.963 bits per heavy atom. The third-order valence-electron chi connectivity index (χ3n) is 4.84. The molecule has 1 fully saturated rings. The van der Waals surface area contributed by atoms with Gasteiger partial charge in [0.2, 0.25) is 5.91 Å². The van der Waals surface area contributed by atoms with Crippen LogP contribution >= 0.6 is 11.6 Å². The second-order valence-corrected chi connectivity index (χ2v) is 7.18. The van der Waals surface area contributed by atoms with Crippen LogP contribution in [0, 0.1) is 0 Å². The molecule has 27 heavy (non-hydrogen) atoms. The Morgan fingerprint density at radius 3 is 2.30 bits per heavy atom. The summed E-state index contributed by atoms with van der Waals surface area (Å²) in [6.45, 7) is 6.28. The number of carbonyl (C=O) groups is 1. The standard InChI is InChI=1S/C21H26ClN3O2/c22-20-8-4-3-7-19(20)18-6-2-1-5-17(18)15-25-11-9-24(10-12-25)13-14-27-16-21(23)26/h1-8H,9-16H2,(H2,23,26). The number of primary amides is 1. The maximum atomic E-state index is 10.7. The van der Waals surface area contributed by atoms with Crippen LogP contribution in [-0.4, -0.2) is 61.6 Å². The van der Waals surface area contributed by atoms with Crippen LogP contribution in [0.2, 0.25) is 5.02 Å². The Hall–Kier alpha value is -1.92. The number of hydrogen-bond donors (Lipinski definition) is 1. The fraction of sp³-hybridized carbons (Fsp3) is 0.381. The van der Waals surface area contributed by atoms with Crippen molar-refractivity contribution in [1.29, 1.82) is 0 Å². The average molecular weight is 388 g/mol. The molecule has 2 aromatic carbocycles. The first kappa shape index (κ1) is 19.8. The van der Waals surface area contributed by atoms with Crippen molar-refractivity contribution >= 4 is 17.5 Å². The maximum absolute atomic E-state index is 10.7. The van der Waals surface area contributed by atoms with Crippen LogP contribution in [0.1, 0.15) is 5.56 Å². The molecule has 0 bridgehead atoms. The summed E-state index contributed by atoms with van der Waals surface area (Å²) in [5, 5.41) is 0.783. The van der Waals surface area contributed by atoms with Crippen molar-refractivity contribution in [2.45, 2.75) is 6.54 Å². The van der Waals surface area contributed by atoms with Gasteiger partial charge in [-0.25, -0.2) is 0 Å². The first-order valence-electron chi connectivity index (χ1n) is 9.27. The zero-order valence-electron chi connectivity index (χ0n) is 15.4. The Balaban J connectivity index is 1.54. The molecule has 0 aliphatic carbocycles. The van der Waals surface area contributed by atoms with Crippen LogP contribution < -0.4 is 5.73 Å². The summed E-state index contributed by atoms with van der Waals surface area (Å²) in [6.07, 6.45) is 0. The summed E-state index contributed by atoms with van der Waals surface area (Å²) in [6, 6.07) is 16.5. The van der Waals surface area contributed by atoms with E-state index in [0.717, 1.165) is 49.9 Å². The number of nitrogens with zero attached hydrogens (tertiary/aromatic N) is 2. The Bertz CT molecular complexity index is 761. The Morgan fingerprint density at radius 2 is 1.59 bits per heavy atom. The molecule has 3 rings (SSSR count). The molecular weight excluding hydrogens is 362 g/mol. The van der Waals surface area contributed by atoms with Crippen molar-refractivity contribution in [3.63, 3.8) is 0 Å². The van der Waals surface area contributed by atoms with E-state index in [0.29, 0.717) is 6.61 Å². The van der Waals surface area contributed by atoms with Crippen LogP contribution in [0.3, 0.4) is 0 Å². The summed E-state index contributed by atoms with van der Waals surface area (Å²) in [4.78, 5) is 15.5. The van der Waals surface area contributed by atoms with Crippen LogP contribution in [0.15, 0.2) is 48.5 Å². The summed E-state index contributed by atoms with van der Waals surface area (Å²) in [7, 11) is 0. The molecule has 1 saturated heterocycles. The van der Waals surface area contributed by atoms with E-state index >= 15 is 0 Å². The maximum Gasteiger partial charge on any atom is 0.243 e. The summed E-state index contributed by atoms with van der Waals surface area (Å²) in [5.41, 5.74) is 8.65. The largest absolute Gasteiger partial charge is 0.370 e. The van der Waals surface area contributed by atoms with Crippen molar-refractivity contribution in [2.75, 3.05) is 45.9 Å². The topological polar surface area (TPSA) is 58.8 Å². The molecule has 1 heterocycles. The monoisotopic (exact) mass is 387 g/mol. The third kappa shape index (κ3) is 5.78. The minimum Gasteiger partial charge on any atom is -0.370 e. The van der Waals surface area contributed by atoms with E-state index in [1.54, 1.807) is 0 Å². The fourth-order valence-electron chi connectivity index (χ4n) is 3.38. The van der Waals surface area contributed by atoms with Gasteiger partial charge >= 0.3 is 0 Å². The second kappa shape index (κ2) is 9.85. The van der Waals surface area contributed by atoms with Crippen LogP contribution in [-0.2, 0) is 16.1 Å². The molecule has 5 nitrogen and oxygen atoms in total. The van der Waals surface area contributed by atoms with Gasteiger partial charge < -0.3 is 10.5 Å². The van der Waals surface area contributed by atoms with Crippen LogP contribution in [0.4, 0.5) is 0 Å². The highest BCUT2D eigenvalue weighted by atomic mass is 35.5. The van der Waals surface area contributed by atoms with Gasteiger partial charge in [-0.2, -0.15) is 0 Å². The Labute approximate surface area is 165 Å². The van der Waals surface area contributed by atoms with Crippen molar-refractivity contribution in [2.24, 2.45) is 5.73 Å². The predicted octanol–water partition coefficient (Wildman–Crippen LogP) is 2.63. The normalized spacial score (nSPS) is 15.7. The van der Waals surface area contributed by atoms with Gasteiger partial charge in [-0.15, -0.1) is 0 Å². The number of benzene rings is 2. The van der Waals surface area contributed by atoms with E-state index in [2.05, 4.69) is 40.1 Å². The molecule has 144 valence electrons. The van der Waals surface area contributed by atoms with E-state index in [9.17, 15) is 4.79 Å². The highest BCUT2D eigenvalue weighted by Crippen LogP contribution is 2.31. The van der Waals surface area contributed by atoms with Gasteiger partial charge in [0, 0.05) is 49.9 Å². The first-order valence-corrected chi connectivity index (χ1v) is 9.65. The highest BCUT2D eigenvalue weighted by molar-refractivity contribution is 6.33. The number of carbonyl (C=O) groups excluding carboxylic acids is 1. The molecule has 2 N–H and O–H groups in total. The number of piperazine rings is 1. The molecule has 0 unspecified atom stereocenters. The molecule has 6 heteroatoms. The SMILES string of the molecule is NC(=O)COCCN1CCN(Cc2ccccc2-c2ccccc2Cl)CC1. The molecule has 1 aliphatic rings. The van der Waals surface area contributed by atoms with Crippen molar-refractivity contribution < 1.29 is 9.53 Å². The zero-order chi connectivity index (χ0) is 19.1. The lowest BCUT2D eigenvalue weighted by Crippen LogP contribution is -2.46. The zero-order valence-corrected chi connectivity index (χ0v) is 16.2. The van der Waals surface area contributed by atoms with E-state index in [1.807, 2.05) is 18.2 Å². The number of amides is 1. The second-order valence-electron chi connectivity index (χ2n) is 6.77. The smallest absolute Gasteiger partial charge is 0.243 e. The lowest BCUT2D eigenvalue weighted by Gasteiger charge is -2.35. The Kier molecular flexibility index (Phi) is 7.24. The summed E-state index contributed by atoms with van der Waals surface area (Å²) in [5.74, 6) is -0.419. The molecule has 1 aliphatic heterocycles. The van der Waals surface area contributed by atoms with Gasteiger partial charge in [-0.1, -0.05) is 54.1 Å². The lowest BCUT2D eigenvalue weighted by atomic mass is 9.99. The molecule has 0 spiro atoms. The van der Waals surface area contributed by atoms with Gasteiger partial charge in [0.15, 0.2) is 0 Å². The van der Waals surface area contributed by atoms with Crippen molar-refractivity contribution in [1.82, 2.24) is 9.80 Å². The number of nitrogens with two attached hydrogens (primary N) is 1. The molecule has 0 atom stereocenters. The minimum absolute atomic E-state index is 0.00120. The predicted molar refractivity (Wildman–Crippen MR) is 109 cm³/mol. The quantitative estimate of drug-likeness (QED) is 0.707. The van der Waals surface area contributed by atoms with E-state index < -0.39 is 5.91 Å². The van der Waals surface area contributed by atoms with Crippen LogP contribution in [0.5, 0.6) is 0 Å². The fourth-order valence-corrected chi connectivity index (χ4v) is 3.62. The van der Waals surface area contributed by atoms with E-state index in [1.165, 1.54) is 11.1 Å². The van der Waals surface area contributed by atoms with E-state index in [-0.39, 0.29) is 6.61 Å². The molecule has 0 saturated carbocycles. The third-order valence-corrected chi connectivity index (χ3v) is 5.17. The van der Waals surface area contributed by atoms with Gasteiger partial charge in [-0.05, 0) is 17.2 Å². The summed E-state index contributed by atoms with van der Waals surface area (Å²) >= 11 is 6.41. The number of halogens is 1. The minimum atomic E-state index is -0.419. The lowest BCUT2D eigenvalue weighted by molar-refractivity contribution is -0.122. The molecule has 1 amide bonds. The van der Waals surface area contributed by atoms with Crippen LogP contribution in [0.25, 0.3) is 11.1 Å². The highest BCUT2D eigenvalue weighted by Gasteiger charge is 2.18. The van der Waals surface area contributed by atoms with Gasteiger partial charge in [-0.3, -0.25) is 14.6 Å². The number of ether oxygens (including phenoxy) is 1. The van der Waals surface area contributed by atoms with Gasteiger partial charge in [0.25, 0.3) is 0 Å². The molecule has 0 radical (unpaired) electrons. The molecular formula is C21H26ClN3O2. The summed E-state index contributed by atoms with van der Waals surface area (Å²) < 4.78 is 5.25.